The lowest BCUT2D eigenvalue weighted by Crippen LogP contribution is -2.04. The fourth-order valence-electron chi connectivity index (χ4n) is 0.986. The highest BCUT2D eigenvalue weighted by Crippen LogP contribution is 2.28. The summed E-state index contributed by atoms with van der Waals surface area (Å²) in [7, 11) is 1.56. The van der Waals surface area contributed by atoms with Crippen LogP contribution in [-0.2, 0) is 4.79 Å². The van der Waals surface area contributed by atoms with Gasteiger partial charge in [0.2, 0.25) is 0 Å². The Morgan fingerprint density at radius 1 is 1.53 bits per heavy atom. The van der Waals surface area contributed by atoms with E-state index in [1.807, 2.05) is 0 Å². The van der Waals surface area contributed by atoms with Crippen molar-refractivity contribution in [2.45, 2.75) is 6.42 Å². The Hall–Kier alpha value is -1.23. The van der Waals surface area contributed by atoms with Crippen molar-refractivity contribution in [2.75, 3.05) is 13.7 Å². The normalized spacial score (nSPS) is 9.73. The average molecular weight is 275 g/mol. The zero-order chi connectivity index (χ0) is 11.3. The lowest BCUT2D eigenvalue weighted by Gasteiger charge is -2.07. The molecular formula is C10H11BrO4. The molecule has 82 valence electrons. The predicted molar refractivity (Wildman–Crippen MR) is 58.4 cm³/mol. The molecule has 15 heavy (non-hydrogen) atoms. The Morgan fingerprint density at radius 3 is 2.87 bits per heavy atom. The SMILES string of the molecule is COc1cc(OCCC(=O)O)ccc1Br. The van der Waals surface area contributed by atoms with Crippen LogP contribution in [0, 0.1) is 0 Å². The van der Waals surface area contributed by atoms with Gasteiger partial charge in [-0.15, -0.1) is 0 Å². The zero-order valence-corrected chi connectivity index (χ0v) is 9.78. The van der Waals surface area contributed by atoms with Crippen molar-refractivity contribution in [1.82, 2.24) is 0 Å². The number of halogens is 1. The number of carboxylic acid groups (broad SMARTS) is 1. The number of carbonyl (C=O) groups is 1. The van der Waals surface area contributed by atoms with Gasteiger partial charge in [0.15, 0.2) is 0 Å². The quantitative estimate of drug-likeness (QED) is 0.895. The molecule has 0 saturated carbocycles. The Bertz CT molecular complexity index is 351. The Kier molecular flexibility index (Phi) is 4.42. The first-order valence-corrected chi connectivity index (χ1v) is 5.11. The van der Waals surface area contributed by atoms with Crippen LogP contribution in [0.15, 0.2) is 22.7 Å². The van der Waals surface area contributed by atoms with Gasteiger partial charge in [-0.2, -0.15) is 0 Å². The van der Waals surface area contributed by atoms with Gasteiger partial charge in [-0.05, 0) is 28.1 Å². The van der Waals surface area contributed by atoms with E-state index in [0.29, 0.717) is 11.5 Å². The van der Waals surface area contributed by atoms with E-state index in [2.05, 4.69) is 15.9 Å². The molecule has 0 aliphatic rings. The molecule has 0 spiro atoms. The Morgan fingerprint density at radius 2 is 2.27 bits per heavy atom. The smallest absolute Gasteiger partial charge is 0.306 e. The third kappa shape index (κ3) is 3.79. The molecular weight excluding hydrogens is 264 g/mol. The molecule has 1 aromatic rings. The van der Waals surface area contributed by atoms with Crippen LogP contribution in [0.1, 0.15) is 6.42 Å². The predicted octanol–water partition coefficient (Wildman–Crippen LogP) is 2.31. The second-order valence-electron chi connectivity index (χ2n) is 2.79. The van der Waals surface area contributed by atoms with Crippen molar-refractivity contribution in [2.24, 2.45) is 0 Å². The molecule has 1 rings (SSSR count). The van der Waals surface area contributed by atoms with Crippen molar-refractivity contribution < 1.29 is 19.4 Å². The summed E-state index contributed by atoms with van der Waals surface area (Å²) in [6, 6.07) is 5.23. The summed E-state index contributed by atoms with van der Waals surface area (Å²) in [5, 5.41) is 8.42. The van der Waals surface area contributed by atoms with Gasteiger partial charge >= 0.3 is 5.97 Å². The summed E-state index contributed by atoms with van der Waals surface area (Å²) in [4.78, 5) is 10.3. The molecule has 0 saturated heterocycles. The van der Waals surface area contributed by atoms with E-state index in [4.69, 9.17) is 14.6 Å². The van der Waals surface area contributed by atoms with E-state index in [9.17, 15) is 4.79 Å². The molecule has 0 unspecified atom stereocenters. The molecule has 1 N–H and O–H groups in total. The second kappa shape index (κ2) is 5.60. The van der Waals surface area contributed by atoms with Crippen LogP contribution in [0.4, 0.5) is 0 Å². The van der Waals surface area contributed by atoms with E-state index in [0.717, 1.165) is 4.47 Å². The first-order chi connectivity index (χ1) is 7.13. The summed E-state index contributed by atoms with van der Waals surface area (Å²) in [6.45, 7) is 0.153. The minimum atomic E-state index is -0.876. The first-order valence-electron chi connectivity index (χ1n) is 4.31. The highest BCUT2D eigenvalue weighted by atomic mass is 79.9. The number of hydrogen-bond donors (Lipinski definition) is 1. The number of hydrogen-bond acceptors (Lipinski definition) is 3. The van der Waals surface area contributed by atoms with E-state index in [-0.39, 0.29) is 13.0 Å². The van der Waals surface area contributed by atoms with Crippen LogP contribution < -0.4 is 9.47 Å². The van der Waals surface area contributed by atoms with Crippen LogP contribution in [0.5, 0.6) is 11.5 Å². The molecule has 0 aliphatic carbocycles. The number of benzene rings is 1. The molecule has 0 heterocycles. The van der Waals surface area contributed by atoms with Crippen LogP contribution in [0.25, 0.3) is 0 Å². The summed E-state index contributed by atoms with van der Waals surface area (Å²) in [5.74, 6) is 0.373. The molecule has 0 atom stereocenters. The van der Waals surface area contributed by atoms with Crippen LogP contribution >= 0.6 is 15.9 Å². The second-order valence-corrected chi connectivity index (χ2v) is 3.64. The first kappa shape index (κ1) is 11.8. The van der Waals surface area contributed by atoms with Gasteiger partial charge in [-0.3, -0.25) is 4.79 Å². The van der Waals surface area contributed by atoms with Gasteiger partial charge in [0.25, 0.3) is 0 Å². The zero-order valence-electron chi connectivity index (χ0n) is 8.20. The summed E-state index contributed by atoms with van der Waals surface area (Å²) >= 11 is 3.31. The highest BCUT2D eigenvalue weighted by Gasteiger charge is 2.03. The van der Waals surface area contributed by atoms with E-state index in [1.165, 1.54) is 0 Å². The summed E-state index contributed by atoms with van der Waals surface area (Å²) < 4.78 is 11.1. The lowest BCUT2D eigenvalue weighted by molar-refractivity contribution is -0.137. The van der Waals surface area contributed by atoms with Crippen molar-refractivity contribution >= 4 is 21.9 Å². The standard InChI is InChI=1S/C10H11BrO4/c1-14-9-6-7(2-3-8(9)11)15-5-4-10(12)13/h2-3,6H,4-5H2,1H3,(H,12,13). The Balaban J connectivity index is 2.58. The lowest BCUT2D eigenvalue weighted by atomic mass is 10.3. The third-order valence-corrected chi connectivity index (χ3v) is 2.36. The van der Waals surface area contributed by atoms with Gasteiger partial charge in [0, 0.05) is 6.07 Å². The van der Waals surface area contributed by atoms with Crippen LogP contribution in [-0.4, -0.2) is 24.8 Å². The number of rotatable bonds is 5. The maximum Gasteiger partial charge on any atom is 0.306 e. The van der Waals surface area contributed by atoms with Crippen molar-refractivity contribution in [3.8, 4) is 11.5 Å². The van der Waals surface area contributed by atoms with Crippen molar-refractivity contribution in [3.63, 3.8) is 0 Å². The molecule has 0 bridgehead atoms. The minimum Gasteiger partial charge on any atom is -0.495 e. The molecule has 0 fully saturated rings. The minimum absolute atomic E-state index is 0.0155. The monoisotopic (exact) mass is 274 g/mol. The number of methoxy groups -OCH3 is 1. The van der Waals surface area contributed by atoms with Gasteiger partial charge in [-0.1, -0.05) is 0 Å². The van der Waals surface area contributed by atoms with E-state index >= 15 is 0 Å². The fourth-order valence-corrected chi connectivity index (χ4v) is 1.39. The molecule has 0 amide bonds. The third-order valence-electron chi connectivity index (χ3n) is 1.71. The molecule has 1 aromatic carbocycles. The van der Waals surface area contributed by atoms with Crippen molar-refractivity contribution in [3.05, 3.63) is 22.7 Å². The van der Waals surface area contributed by atoms with Gasteiger partial charge in [-0.25, -0.2) is 0 Å². The van der Waals surface area contributed by atoms with Gasteiger partial charge in [0.1, 0.15) is 11.5 Å². The number of ether oxygens (including phenoxy) is 2. The number of carboxylic acids is 1. The fraction of sp³-hybridized carbons (Fsp3) is 0.300. The average Bonchev–Trinajstić information content (AvgIpc) is 2.20. The maximum atomic E-state index is 10.3. The van der Waals surface area contributed by atoms with E-state index < -0.39 is 5.97 Å². The van der Waals surface area contributed by atoms with Gasteiger partial charge in [0.05, 0.1) is 24.6 Å². The maximum absolute atomic E-state index is 10.3. The van der Waals surface area contributed by atoms with Crippen LogP contribution in [0.2, 0.25) is 0 Å². The Labute approximate surface area is 95.9 Å². The molecule has 0 aliphatic heterocycles. The molecule has 0 aromatic heterocycles. The molecule has 5 heteroatoms. The van der Waals surface area contributed by atoms with Crippen molar-refractivity contribution in [1.29, 1.82) is 0 Å². The molecule has 0 radical (unpaired) electrons. The van der Waals surface area contributed by atoms with E-state index in [1.54, 1.807) is 25.3 Å². The largest absolute Gasteiger partial charge is 0.495 e. The highest BCUT2D eigenvalue weighted by molar-refractivity contribution is 9.10. The molecule has 4 nitrogen and oxygen atoms in total. The van der Waals surface area contributed by atoms with Crippen LogP contribution in [0.3, 0.4) is 0 Å². The summed E-state index contributed by atoms with van der Waals surface area (Å²) in [5.41, 5.74) is 0. The topological polar surface area (TPSA) is 55.8 Å². The number of aliphatic carboxylic acids is 1. The summed E-state index contributed by atoms with van der Waals surface area (Å²) in [6.07, 6.45) is -0.0155. The van der Waals surface area contributed by atoms with Gasteiger partial charge < -0.3 is 14.6 Å².